The highest BCUT2D eigenvalue weighted by Gasteiger charge is 2.40. The molecule has 0 bridgehead atoms. The number of hydrogen-bond donors (Lipinski definition) is 3. The molecule has 14 heteroatoms. The van der Waals surface area contributed by atoms with Crippen molar-refractivity contribution in [2.75, 3.05) is 21.0 Å². The maximum atomic E-state index is 14.6. The molecular formula is C55H71Cl4N5O4S. The first kappa shape index (κ1) is 56.0. The molecule has 4 aromatic rings. The summed E-state index contributed by atoms with van der Waals surface area (Å²) < 4.78 is 6.60. The van der Waals surface area contributed by atoms with Gasteiger partial charge in [-0.3, -0.25) is 14.4 Å². The van der Waals surface area contributed by atoms with Crippen molar-refractivity contribution in [1.82, 2.24) is 0 Å². The number of hydrazone groups is 1. The van der Waals surface area contributed by atoms with Crippen LogP contribution < -0.4 is 25.7 Å². The van der Waals surface area contributed by atoms with E-state index in [0.717, 1.165) is 42.7 Å². The zero-order valence-corrected chi connectivity index (χ0v) is 45.5. The van der Waals surface area contributed by atoms with Crippen LogP contribution in [0.1, 0.15) is 163 Å². The summed E-state index contributed by atoms with van der Waals surface area (Å²) in [6, 6.07) is 21.7. The number of ether oxygens (including phenoxy) is 1. The fraction of sp³-hybridized carbons (Fsp3) is 0.491. The summed E-state index contributed by atoms with van der Waals surface area (Å²) in [5, 5.41) is 15.2. The summed E-state index contributed by atoms with van der Waals surface area (Å²) in [7, 11) is 0. The largest absolute Gasteiger partial charge is 0.480 e. The number of benzene rings is 4. The first-order valence-corrected chi connectivity index (χ1v) is 27.1. The third-order valence-corrected chi connectivity index (χ3v) is 15.6. The van der Waals surface area contributed by atoms with Gasteiger partial charge in [-0.25, -0.2) is 0 Å². The lowest BCUT2D eigenvalue weighted by Gasteiger charge is -2.31. The molecule has 0 fully saturated rings. The molecule has 0 saturated heterocycles. The van der Waals surface area contributed by atoms with Crippen molar-refractivity contribution >= 4 is 104 Å². The predicted octanol–water partition coefficient (Wildman–Crippen LogP) is 17.0. The Kier molecular flexibility index (Phi) is 21.5. The Labute approximate surface area is 435 Å². The van der Waals surface area contributed by atoms with Gasteiger partial charge >= 0.3 is 0 Å². The standard InChI is InChI=1S/C55H71Cl4N5O4S/c1-9-13-14-15-16-17-18-19-20-21-22-27-48(65)60-38-29-30-40(57)44(35-38)61-51-50(53(67)64(63-51)49-41(58)33-37(56)34-42(49)59)69-47-26-24-23-25-43(47)62-52(66)45(10-2)68-46-31-28-36(54(5,6)11-3)32-39(46)55(7,8)12-4/h23-26,28-35,45,50H,9-22,27H2,1-8H3,(H,60,65)(H,61,63)(H,62,66). The Morgan fingerprint density at radius 1 is 0.725 bits per heavy atom. The third-order valence-electron chi connectivity index (χ3n) is 13.2. The molecule has 5 rings (SSSR count). The SMILES string of the molecule is CCCCCCCCCCCCCC(=O)Nc1ccc(Cl)c(NC2=NN(c3c(Cl)cc(Cl)cc3Cl)C(=O)C2Sc2ccccc2NC(=O)C(CC)Oc2ccc(C(C)(C)CC)cc2C(C)(C)CC)c1. The number of carbonyl (C=O) groups is 3. The van der Waals surface area contributed by atoms with Gasteiger partial charge in [-0.1, -0.05) is 190 Å². The summed E-state index contributed by atoms with van der Waals surface area (Å²) >= 11 is 27.6. The number of carbonyl (C=O) groups excluding carboxylic acids is 3. The summed E-state index contributed by atoms with van der Waals surface area (Å²) in [5.41, 5.74) is 3.65. The van der Waals surface area contributed by atoms with Crippen LogP contribution in [-0.2, 0) is 25.2 Å². The van der Waals surface area contributed by atoms with Crippen LogP contribution in [0.2, 0.25) is 20.1 Å². The summed E-state index contributed by atoms with van der Waals surface area (Å²) in [6.45, 7) is 17.4. The Hall–Kier alpha value is -3.93. The van der Waals surface area contributed by atoms with Crippen LogP contribution in [0, 0.1) is 0 Å². The van der Waals surface area contributed by atoms with E-state index in [9.17, 15) is 14.4 Å². The monoisotopic (exact) mass is 1040 g/mol. The molecule has 0 spiro atoms. The second-order valence-electron chi connectivity index (χ2n) is 19.2. The van der Waals surface area contributed by atoms with Crippen molar-refractivity contribution < 1.29 is 19.1 Å². The normalized spacial score (nSPS) is 14.4. The van der Waals surface area contributed by atoms with Crippen molar-refractivity contribution in [3.8, 4) is 5.75 Å². The minimum absolute atomic E-state index is 0.0232. The molecule has 0 saturated carbocycles. The fourth-order valence-electron chi connectivity index (χ4n) is 8.01. The average molecular weight is 1040 g/mol. The molecule has 3 N–H and O–H groups in total. The lowest BCUT2D eigenvalue weighted by atomic mass is 9.76. The number of amidine groups is 1. The van der Waals surface area contributed by atoms with Crippen LogP contribution in [0.25, 0.3) is 0 Å². The molecule has 2 unspecified atom stereocenters. The molecule has 0 aromatic heterocycles. The van der Waals surface area contributed by atoms with Gasteiger partial charge in [0.15, 0.2) is 17.2 Å². The highest BCUT2D eigenvalue weighted by Crippen LogP contribution is 2.43. The molecule has 69 heavy (non-hydrogen) atoms. The fourth-order valence-corrected chi connectivity index (χ4v) is 10.2. The molecule has 0 aliphatic carbocycles. The minimum Gasteiger partial charge on any atom is -0.480 e. The van der Waals surface area contributed by atoms with Crippen LogP contribution >= 0.6 is 58.2 Å². The molecule has 9 nitrogen and oxygen atoms in total. The maximum Gasteiger partial charge on any atom is 0.268 e. The number of thioether (sulfide) groups is 1. The quantitative estimate of drug-likeness (QED) is 0.0540. The van der Waals surface area contributed by atoms with Gasteiger partial charge in [0, 0.05) is 27.6 Å². The van der Waals surface area contributed by atoms with Gasteiger partial charge in [0.1, 0.15) is 11.4 Å². The van der Waals surface area contributed by atoms with E-state index < -0.39 is 17.3 Å². The highest BCUT2D eigenvalue weighted by molar-refractivity contribution is 8.01. The predicted molar refractivity (Wildman–Crippen MR) is 294 cm³/mol. The second-order valence-corrected chi connectivity index (χ2v) is 22.0. The van der Waals surface area contributed by atoms with E-state index in [0.29, 0.717) is 50.6 Å². The molecule has 0 radical (unpaired) electrons. The Balaban J connectivity index is 1.34. The average Bonchev–Trinajstić information content (AvgIpc) is 3.60. The minimum atomic E-state index is -0.996. The molecular weight excluding hydrogens is 969 g/mol. The number of nitrogens with zero attached hydrogens (tertiary/aromatic N) is 2. The number of unbranched alkanes of at least 4 members (excludes halogenated alkanes) is 10. The van der Waals surface area contributed by atoms with Crippen molar-refractivity contribution in [2.24, 2.45) is 5.10 Å². The smallest absolute Gasteiger partial charge is 0.268 e. The number of rotatable bonds is 26. The first-order chi connectivity index (χ1) is 32.9. The van der Waals surface area contributed by atoms with Gasteiger partial charge in [-0.2, -0.15) is 5.01 Å². The summed E-state index contributed by atoms with van der Waals surface area (Å²) in [6.07, 6.45) is 15.1. The van der Waals surface area contributed by atoms with Gasteiger partial charge in [0.25, 0.3) is 11.8 Å². The Bertz CT molecular complexity index is 2400. The Morgan fingerprint density at radius 3 is 1.97 bits per heavy atom. The molecule has 1 aliphatic rings. The van der Waals surface area contributed by atoms with E-state index >= 15 is 0 Å². The number of anilines is 4. The molecule has 2 atom stereocenters. The number of hydrogen-bond acceptors (Lipinski definition) is 7. The van der Waals surface area contributed by atoms with Crippen molar-refractivity contribution in [3.05, 3.63) is 104 Å². The number of amides is 3. The van der Waals surface area contributed by atoms with Crippen LogP contribution in [0.15, 0.2) is 82.8 Å². The van der Waals surface area contributed by atoms with E-state index in [-0.39, 0.29) is 44.2 Å². The molecule has 4 aromatic carbocycles. The van der Waals surface area contributed by atoms with E-state index in [1.54, 1.807) is 24.3 Å². The lowest BCUT2D eigenvalue weighted by molar-refractivity contribution is -0.123. The number of halogens is 4. The second kappa shape index (κ2) is 26.5. The van der Waals surface area contributed by atoms with Gasteiger partial charge in [0.2, 0.25) is 5.91 Å². The molecule has 1 heterocycles. The summed E-state index contributed by atoms with van der Waals surface area (Å²) in [4.78, 5) is 42.5. The lowest BCUT2D eigenvalue weighted by Crippen LogP contribution is -2.34. The van der Waals surface area contributed by atoms with Crippen LogP contribution in [-0.4, -0.2) is 34.9 Å². The van der Waals surface area contributed by atoms with Gasteiger partial charge in [-0.05, 0) is 90.6 Å². The maximum absolute atomic E-state index is 14.6. The number of nitrogens with one attached hydrogen (secondary N) is 3. The van der Waals surface area contributed by atoms with E-state index in [4.69, 9.17) is 56.2 Å². The molecule has 1 aliphatic heterocycles. The topological polar surface area (TPSA) is 112 Å². The van der Waals surface area contributed by atoms with Crippen LogP contribution in [0.4, 0.5) is 22.7 Å². The van der Waals surface area contributed by atoms with Gasteiger partial charge in [0.05, 0.1) is 26.4 Å². The summed E-state index contributed by atoms with van der Waals surface area (Å²) in [5.74, 6) is 0.0154. The van der Waals surface area contributed by atoms with E-state index in [2.05, 4.69) is 76.5 Å². The highest BCUT2D eigenvalue weighted by atomic mass is 35.5. The van der Waals surface area contributed by atoms with Gasteiger partial charge < -0.3 is 20.7 Å². The zero-order chi connectivity index (χ0) is 50.3. The first-order valence-electron chi connectivity index (χ1n) is 24.7. The van der Waals surface area contributed by atoms with Gasteiger partial charge in [-0.15, -0.1) is 16.9 Å². The van der Waals surface area contributed by atoms with Crippen LogP contribution in [0.3, 0.4) is 0 Å². The molecule has 374 valence electrons. The Morgan fingerprint density at radius 2 is 1.35 bits per heavy atom. The van der Waals surface area contributed by atoms with Crippen molar-refractivity contribution in [2.45, 2.75) is 179 Å². The zero-order valence-electron chi connectivity index (χ0n) is 41.6. The molecule has 3 amide bonds. The third kappa shape index (κ3) is 15.5. The van der Waals surface area contributed by atoms with Crippen molar-refractivity contribution in [3.63, 3.8) is 0 Å². The van der Waals surface area contributed by atoms with Crippen LogP contribution in [0.5, 0.6) is 5.75 Å². The number of para-hydroxylation sites is 1. The van der Waals surface area contributed by atoms with Crippen molar-refractivity contribution in [1.29, 1.82) is 0 Å². The van der Waals surface area contributed by atoms with E-state index in [1.807, 2.05) is 31.2 Å². The van der Waals surface area contributed by atoms with E-state index in [1.165, 1.54) is 80.8 Å².